The van der Waals surface area contributed by atoms with E-state index in [1.165, 1.54) is 12.0 Å². The molecule has 2 rings (SSSR count). The van der Waals surface area contributed by atoms with Gasteiger partial charge in [0.15, 0.2) is 0 Å². The third-order valence-corrected chi connectivity index (χ3v) is 3.63. The zero-order valence-electron chi connectivity index (χ0n) is 12.1. The molecule has 1 heterocycles. The van der Waals surface area contributed by atoms with Gasteiger partial charge in [0.25, 0.3) is 0 Å². The van der Waals surface area contributed by atoms with Crippen molar-refractivity contribution < 1.29 is 14.3 Å². The van der Waals surface area contributed by atoms with Crippen LogP contribution in [0, 0.1) is 0 Å². The minimum Gasteiger partial charge on any atom is -0.497 e. The topological polar surface area (TPSA) is 38.8 Å². The zero-order valence-corrected chi connectivity index (χ0v) is 12.1. The molecule has 1 aliphatic rings. The highest BCUT2D eigenvalue weighted by Gasteiger charge is 2.15. The van der Waals surface area contributed by atoms with Crippen LogP contribution < -0.4 is 4.74 Å². The number of amides is 1. The van der Waals surface area contributed by atoms with Gasteiger partial charge in [-0.15, -0.1) is 0 Å². The molecule has 1 amide bonds. The Kier molecular flexibility index (Phi) is 5.87. The standard InChI is InChI=1S/C16H23NO3/c1-19-15-7-5-14(6-8-15)9-12-20-13-16(18)17-10-3-2-4-11-17/h5-8H,2-4,9-13H2,1H3. The SMILES string of the molecule is COc1ccc(CCOCC(=O)N2CCCCC2)cc1. The van der Waals surface area contributed by atoms with Crippen LogP contribution >= 0.6 is 0 Å². The molecule has 0 saturated carbocycles. The maximum absolute atomic E-state index is 11.9. The Bertz CT molecular complexity index is 410. The van der Waals surface area contributed by atoms with E-state index in [4.69, 9.17) is 9.47 Å². The molecule has 4 heteroatoms. The first-order valence-corrected chi connectivity index (χ1v) is 7.28. The minimum absolute atomic E-state index is 0.124. The van der Waals surface area contributed by atoms with E-state index in [0.717, 1.165) is 38.1 Å². The van der Waals surface area contributed by atoms with Gasteiger partial charge in [-0.3, -0.25) is 4.79 Å². The van der Waals surface area contributed by atoms with E-state index < -0.39 is 0 Å². The monoisotopic (exact) mass is 277 g/mol. The highest BCUT2D eigenvalue weighted by atomic mass is 16.5. The van der Waals surface area contributed by atoms with Gasteiger partial charge in [0, 0.05) is 13.1 Å². The average Bonchev–Trinajstić information content (AvgIpc) is 2.53. The van der Waals surface area contributed by atoms with Crippen LogP contribution in [0.2, 0.25) is 0 Å². The fourth-order valence-electron chi connectivity index (χ4n) is 2.38. The Morgan fingerprint density at radius 3 is 2.50 bits per heavy atom. The van der Waals surface area contributed by atoms with Gasteiger partial charge in [-0.05, 0) is 43.4 Å². The van der Waals surface area contributed by atoms with Crippen molar-refractivity contribution in [3.8, 4) is 5.75 Å². The van der Waals surface area contributed by atoms with Gasteiger partial charge in [0.1, 0.15) is 12.4 Å². The maximum atomic E-state index is 11.9. The fraction of sp³-hybridized carbons (Fsp3) is 0.562. The van der Waals surface area contributed by atoms with Crippen molar-refractivity contribution in [2.75, 3.05) is 33.4 Å². The van der Waals surface area contributed by atoms with E-state index in [2.05, 4.69) is 0 Å². The van der Waals surface area contributed by atoms with Crippen LogP contribution in [0.25, 0.3) is 0 Å². The van der Waals surface area contributed by atoms with Crippen LogP contribution in [-0.2, 0) is 16.0 Å². The number of carbonyl (C=O) groups is 1. The average molecular weight is 277 g/mol. The lowest BCUT2D eigenvalue weighted by atomic mass is 10.1. The molecular weight excluding hydrogens is 254 g/mol. The molecule has 1 aromatic carbocycles. The van der Waals surface area contributed by atoms with Crippen LogP contribution in [0.1, 0.15) is 24.8 Å². The molecule has 1 aliphatic heterocycles. The third kappa shape index (κ3) is 4.53. The fourth-order valence-corrected chi connectivity index (χ4v) is 2.38. The quantitative estimate of drug-likeness (QED) is 0.749. The minimum atomic E-state index is 0.124. The Morgan fingerprint density at radius 1 is 1.15 bits per heavy atom. The van der Waals surface area contributed by atoms with Crippen molar-refractivity contribution in [1.29, 1.82) is 0 Å². The molecule has 0 radical (unpaired) electrons. The van der Waals surface area contributed by atoms with E-state index in [1.807, 2.05) is 29.2 Å². The van der Waals surface area contributed by atoms with Crippen LogP contribution in [0.15, 0.2) is 24.3 Å². The van der Waals surface area contributed by atoms with Gasteiger partial charge in [-0.1, -0.05) is 12.1 Å². The molecule has 1 aromatic rings. The Hall–Kier alpha value is -1.55. The third-order valence-electron chi connectivity index (χ3n) is 3.63. The molecule has 1 saturated heterocycles. The molecule has 0 unspecified atom stereocenters. The van der Waals surface area contributed by atoms with Crippen molar-refractivity contribution in [1.82, 2.24) is 4.90 Å². The first kappa shape index (κ1) is 14.9. The van der Waals surface area contributed by atoms with Gasteiger partial charge in [0.2, 0.25) is 5.91 Å². The van der Waals surface area contributed by atoms with Gasteiger partial charge < -0.3 is 14.4 Å². The van der Waals surface area contributed by atoms with E-state index in [0.29, 0.717) is 6.61 Å². The molecule has 0 spiro atoms. The number of benzene rings is 1. The van der Waals surface area contributed by atoms with Crippen molar-refractivity contribution >= 4 is 5.91 Å². The maximum Gasteiger partial charge on any atom is 0.248 e. The summed E-state index contributed by atoms with van der Waals surface area (Å²) in [4.78, 5) is 13.8. The van der Waals surface area contributed by atoms with Crippen LogP contribution in [-0.4, -0.2) is 44.2 Å². The van der Waals surface area contributed by atoms with Crippen LogP contribution in [0.3, 0.4) is 0 Å². The summed E-state index contributed by atoms with van der Waals surface area (Å²) >= 11 is 0. The summed E-state index contributed by atoms with van der Waals surface area (Å²) in [6.07, 6.45) is 4.30. The second kappa shape index (κ2) is 7.90. The number of carbonyl (C=O) groups excluding carboxylic acids is 1. The van der Waals surface area contributed by atoms with E-state index in [9.17, 15) is 4.79 Å². The number of hydrogen-bond donors (Lipinski definition) is 0. The lowest BCUT2D eigenvalue weighted by Gasteiger charge is -2.26. The molecule has 0 atom stereocenters. The lowest BCUT2D eigenvalue weighted by Crippen LogP contribution is -2.38. The summed E-state index contributed by atoms with van der Waals surface area (Å²) < 4.78 is 10.6. The van der Waals surface area contributed by atoms with Crippen molar-refractivity contribution in [2.45, 2.75) is 25.7 Å². The molecule has 110 valence electrons. The molecular formula is C16H23NO3. The second-order valence-corrected chi connectivity index (χ2v) is 5.09. The summed E-state index contributed by atoms with van der Waals surface area (Å²) in [5, 5.41) is 0. The zero-order chi connectivity index (χ0) is 14.2. The number of rotatable bonds is 6. The van der Waals surface area contributed by atoms with Gasteiger partial charge in [-0.2, -0.15) is 0 Å². The largest absolute Gasteiger partial charge is 0.497 e. The molecule has 1 fully saturated rings. The van der Waals surface area contributed by atoms with Crippen molar-refractivity contribution in [3.63, 3.8) is 0 Å². The molecule has 0 aliphatic carbocycles. The highest BCUT2D eigenvalue weighted by molar-refractivity contribution is 5.77. The Morgan fingerprint density at radius 2 is 1.85 bits per heavy atom. The van der Waals surface area contributed by atoms with Crippen LogP contribution in [0.5, 0.6) is 5.75 Å². The summed E-state index contributed by atoms with van der Waals surface area (Å²) in [6, 6.07) is 7.92. The molecule has 20 heavy (non-hydrogen) atoms. The first-order valence-electron chi connectivity index (χ1n) is 7.28. The normalized spacial score (nSPS) is 15.2. The molecule has 0 aromatic heterocycles. The predicted octanol–water partition coefficient (Wildman–Crippen LogP) is 2.27. The lowest BCUT2D eigenvalue weighted by molar-refractivity contribution is -0.137. The summed E-state index contributed by atoms with van der Waals surface area (Å²) in [6.45, 7) is 2.56. The second-order valence-electron chi connectivity index (χ2n) is 5.09. The number of ether oxygens (including phenoxy) is 2. The van der Waals surface area contributed by atoms with E-state index in [-0.39, 0.29) is 12.5 Å². The molecule has 0 bridgehead atoms. The molecule has 0 N–H and O–H groups in total. The van der Waals surface area contributed by atoms with Gasteiger partial charge >= 0.3 is 0 Å². The van der Waals surface area contributed by atoms with Crippen molar-refractivity contribution in [2.24, 2.45) is 0 Å². The summed E-state index contributed by atoms with van der Waals surface area (Å²) in [5.74, 6) is 0.981. The van der Waals surface area contributed by atoms with Crippen molar-refractivity contribution in [3.05, 3.63) is 29.8 Å². The van der Waals surface area contributed by atoms with E-state index >= 15 is 0 Å². The molecule has 4 nitrogen and oxygen atoms in total. The number of hydrogen-bond acceptors (Lipinski definition) is 3. The number of piperidine rings is 1. The first-order chi connectivity index (χ1) is 9.79. The van der Waals surface area contributed by atoms with E-state index in [1.54, 1.807) is 7.11 Å². The number of likely N-dealkylation sites (tertiary alicyclic amines) is 1. The highest BCUT2D eigenvalue weighted by Crippen LogP contribution is 2.12. The summed E-state index contributed by atoms with van der Waals surface area (Å²) in [5.41, 5.74) is 1.19. The van der Waals surface area contributed by atoms with Gasteiger partial charge in [-0.25, -0.2) is 0 Å². The number of nitrogens with zero attached hydrogens (tertiary/aromatic N) is 1. The Labute approximate surface area is 120 Å². The smallest absolute Gasteiger partial charge is 0.248 e. The summed E-state index contributed by atoms with van der Waals surface area (Å²) in [7, 11) is 1.66. The van der Waals surface area contributed by atoms with Gasteiger partial charge in [0.05, 0.1) is 13.7 Å². The predicted molar refractivity (Wildman–Crippen MR) is 77.9 cm³/mol. The van der Waals surface area contributed by atoms with Crippen LogP contribution in [0.4, 0.5) is 0 Å². The Balaban J connectivity index is 1.64. The number of methoxy groups -OCH3 is 1.